The van der Waals surface area contributed by atoms with Crippen LogP contribution < -0.4 is 0 Å². The number of rotatable bonds is 6. The minimum absolute atomic E-state index is 0.0587. The first-order valence-electron chi connectivity index (χ1n) is 8.28. The Kier molecular flexibility index (Phi) is 5.74. The summed E-state index contributed by atoms with van der Waals surface area (Å²) in [5, 5.41) is 11.9. The smallest absolute Gasteiger partial charge is 0.308 e. The van der Waals surface area contributed by atoms with Crippen molar-refractivity contribution in [2.45, 2.75) is 18.8 Å². The molecule has 26 heavy (non-hydrogen) atoms. The fraction of sp³-hybridized carbons (Fsp3) is 0.316. The number of halogens is 1. The Morgan fingerprint density at radius 3 is 2.46 bits per heavy atom. The number of carbonyl (C=O) groups excluding carboxylic acids is 2. The van der Waals surface area contributed by atoms with E-state index in [1.807, 2.05) is 5.38 Å². The van der Waals surface area contributed by atoms with Gasteiger partial charge in [0.15, 0.2) is 5.78 Å². The molecule has 1 aromatic heterocycles. The maximum Gasteiger partial charge on any atom is 0.308 e. The molecule has 1 N–H and O–H groups in total. The summed E-state index contributed by atoms with van der Waals surface area (Å²) in [6, 6.07) is 10.6. The molecule has 1 saturated heterocycles. The molecule has 0 bridgehead atoms. The van der Waals surface area contributed by atoms with Crippen LogP contribution in [0.3, 0.4) is 0 Å². The Bertz CT molecular complexity index is 803. The van der Waals surface area contributed by atoms with E-state index in [0.717, 1.165) is 5.56 Å². The molecule has 1 amide bonds. The zero-order valence-corrected chi connectivity index (χ0v) is 15.5. The number of ketones is 1. The van der Waals surface area contributed by atoms with Gasteiger partial charge in [-0.3, -0.25) is 14.4 Å². The molecule has 5 nitrogen and oxygen atoms in total. The average molecular weight is 392 g/mol. The van der Waals surface area contributed by atoms with Crippen molar-refractivity contribution in [1.29, 1.82) is 0 Å². The molecule has 136 valence electrons. The summed E-state index contributed by atoms with van der Waals surface area (Å²) < 4.78 is 0. The summed E-state index contributed by atoms with van der Waals surface area (Å²) in [5.41, 5.74) is 0.853. The molecular formula is C19H18ClNO4S. The number of carboxylic acids is 1. The van der Waals surface area contributed by atoms with E-state index < -0.39 is 11.9 Å². The van der Waals surface area contributed by atoms with Gasteiger partial charge in [0.05, 0.1) is 10.8 Å². The molecule has 1 fully saturated rings. The van der Waals surface area contributed by atoms with Crippen LogP contribution in [-0.2, 0) is 9.59 Å². The fourth-order valence-corrected chi connectivity index (χ4v) is 4.06. The second-order valence-electron chi connectivity index (χ2n) is 6.30. The first-order chi connectivity index (χ1) is 12.5. The molecule has 2 atom stereocenters. The Labute approximate surface area is 160 Å². The molecular weight excluding hydrogens is 374 g/mol. The molecule has 2 aromatic rings. The standard InChI is InChI=1S/C19H18ClNO4S/c20-13-5-3-12(4-6-13)14-10-21(11-15(14)19(24)25)18(23)8-7-16(22)17-2-1-9-26-17/h1-6,9,14-15H,7-8,10-11H2,(H,24,25)/t14-,15+/m0/s1. The Balaban J connectivity index is 1.65. The van der Waals surface area contributed by atoms with Crippen molar-refractivity contribution in [1.82, 2.24) is 4.90 Å². The van der Waals surface area contributed by atoms with E-state index in [1.54, 1.807) is 41.3 Å². The minimum atomic E-state index is -0.921. The van der Waals surface area contributed by atoms with Gasteiger partial charge in [0.1, 0.15) is 0 Å². The van der Waals surface area contributed by atoms with Crippen molar-refractivity contribution in [3.63, 3.8) is 0 Å². The maximum atomic E-state index is 12.5. The average Bonchev–Trinajstić information content (AvgIpc) is 3.29. The molecule has 0 spiro atoms. The maximum absolute atomic E-state index is 12.5. The Morgan fingerprint density at radius 2 is 1.85 bits per heavy atom. The highest BCUT2D eigenvalue weighted by atomic mass is 35.5. The predicted octanol–water partition coefficient (Wildman–Crippen LogP) is 3.69. The van der Waals surface area contributed by atoms with E-state index in [4.69, 9.17) is 11.6 Å². The summed E-state index contributed by atoms with van der Waals surface area (Å²) in [6.07, 6.45) is 0.232. The number of hydrogen-bond donors (Lipinski definition) is 1. The van der Waals surface area contributed by atoms with Gasteiger partial charge in [-0.05, 0) is 29.1 Å². The van der Waals surface area contributed by atoms with Gasteiger partial charge in [0.25, 0.3) is 0 Å². The van der Waals surface area contributed by atoms with E-state index in [0.29, 0.717) is 16.4 Å². The summed E-state index contributed by atoms with van der Waals surface area (Å²) in [4.78, 5) is 38.4. The Hall–Kier alpha value is -2.18. The van der Waals surface area contributed by atoms with Crippen LogP contribution in [0.25, 0.3) is 0 Å². The molecule has 7 heteroatoms. The lowest BCUT2D eigenvalue weighted by Crippen LogP contribution is -2.30. The molecule has 1 aliphatic heterocycles. The van der Waals surface area contributed by atoms with Gasteiger partial charge in [-0.1, -0.05) is 29.8 Å². The van der Waals surface area contributed by atoms with Crippen molar-refractivity contribution in [3.8, 4) is 0 Å². The normalized spacial score (nSPS) is 19.5. The number of thiophene rings is 1. The van der Waals surface area contributed by atoms with Crippen LogP contribution in [0.2, 0.25) is 5.02 Å². The van der Waals surface area contributed by atoms with Crippen molar-refractivity contribution in [2.24, 2.45) is 5.92 Å². The largest absolute Gasteiger partial charge is 0.481 e. The van der Waals surface area contributed by atoms with Gasteiger partial charge in [0.2, 0.25) is 5.91 Å². The third-order valence-corrected chi connectivity index (χ3v) is 5.81. The second-order valence-corrected chi connectivity index (χ2v) is 7.69. The van der Waals surface area contributed by atoms with Crippen LogP contribution in [-0.4, -0.2) is 40.8 Å². The first-order valence-corrected chi connectivity index (χ1v) is 9.54. The van der Waals surface area contributed by atoms with Gasteiger partial charge < -0.3 is 10.0 Å². The van der Waals surface area contributed by atoms with E-state index in [2.05, 4.69) is 0 Å². The molecule has 0 radical (unpaired) electrons. The summed E-state index contributed by atoms with van der Waals surface area (Å²) in [5.74, 6) is -2.10. The number of Topliss-reactive ketones (excluding diaryl/α,β-unsaturated/α-hetero) is 1. The van der Waals surface area contributed by atoms with Crippen molar-refractivity contribution in [2.75, 3.05) is 13.1 Å². The van der Waals surface area contributed by atoms with Crippen LogP contribution in [0.1, 0.15) is 34.0 Å². The lowest BCUT2D eigenvalue weighted by atomic mass is 9.89. The van der Waals surface area contributed by atoms with E-state index in [9.17, 15) is 19.5 Å². The van der Waals surface area contributed by atoms with Crippen LogP contribution in [0, 0.1) is 5.92 Å². The lowest BCUT2D eigenvalue weighted by Gasteiger charge is -2.16. The minimum Gasteiger partial charge on any atom is -0.481 e. The molecule has 0 unspecified atom stereocenters. The summed E-state index contributed by atoms with van der Waals surface area (Å²) in [6.45, 7) is 0.499. The van der Waals surface area contributed by atoms with Crippen molar-refractivity contribution >= 4 is 40.6 Å². The number of amides is 1. The third-order valence-electron chi connectivity index (χ3n) is 4.65. The van der Waals surface area contributed by atoms with Crippen LogP contribution in [0.15, 0.2) is 41.8 Å². The highest BCUT2D eigenvalue weighted by Gasteiger charge is 2.40. The number of nitrogens with zero attached hydrogens (tertiary/aromatic N) is 1. The lowest BCUT2D eigenvalue weighted by molar-refractivity contribution is -0.141. The SMILES string of the molecule is O=C(CCC(=O)N1C[C@@H](C(=O)O)[C@H](c2ccc(Cl)cc2)C1)c1cccs1. The van der Waals surface area contributed by atoms with Crippen molar-refractivity contribution < 1.29 is 19.5 Å². The molecule has 1 aliphatic rings. The topological polar surface area (TPSA) is 74.7 Å². The van der Waals surface area contributed by atoms with E-state index in [1.165, 1.54) is 11.3 Å². The number of carbonyl (C=O) groups is 3. The molecule has 1 aromatic carbocycles. The van der Waals surface area contributed by atoms with Crippen LogP contribution in [0.4, 0.5) is 0 Å². The van der Waals surface area contributed by atoms with E-state index >= 15 is 0 Å². The number of likely N-dealkylation sites (tertiary alicyclic amines) is 1. The summed E-state index contributed by atoms with van der Waals surface area (Å²) in [7, 11) is 0. The van der Waals surface area contributed by atoms with Gasteiger partial charge in [-0.25, -0.2) is 0 Å². The molecule has 2 heterocycles. The zero-order chi connectivity index (χ0) is 18.7. The number of hydrogen-bond acceptors (Lipinski definition) is 4. The molecule has 0 aliphatic carbocycles. The first kappa shape index (κ1) is 18.6. The van der Waals surface area contributed by atoms with Crippen molar-refractivity contribution in [3.05, 3.63) is 57.2 Å². The number of carboxylic acid groups (broad SMARTS) is 1. The molecule has 0 saturated carbocycles. The van der Waals surface area contributed by atoms with Crippen LogP contribution >= 0.6 is 22.9 Å². The molecule has 3 rings (SSSR count). The highest BCUT2D eigenvalue weighted by Crippen LogP contribution is 2.34. The quantitative estimate of drug-likeness (QED) is 0.762. The second kappa shape index (κ2) is 8.01. The van der Waals surface area contributed by atoms with Gasteiger partial charge in [-0.15, -0.1) is 11.3 Å². The number of benzene rings is 1. The fourth-order valence-electron chi connectivity index (χ4n) is 3.24. The third kappa shape index (κ3) is 4.14. The Morgan fingerprint density at radius 1 is 1.12 bits per heavy atom. The predicted molar refractivity (Wildman–Crippen MR) is 99.8 cm³/mol. The van der Waals surface area contributed by atoms with E-state index in [-0.39, 0.29) is 37.0 Å². The van der Waals surface area contributed by atoms with Gasteiger partial charge in [-0.2, -0.15) is 0 Å². The van der Waals surface area contributed by atoms with Gasteiger partial charge in [0, 0.05) is 36.9 Å². The van der Waals surface area contributed by atoms with Crippen LogP contribution in [0.5, 0.6) is 0 Å². The highest BCUT2D eigenvalue weighted by molar-refractivity contribution is 7.12. The monoisotopic (exact) mass is 391 g/mol. The zero-order valence-electron chi connectivity index (χ0n) is 13.9. The summed E-state index contributed by atoms with van der Waals surface area (Å²) >= 11 is 7.25. The number of aliphatic carboxylic acids is 1. The van der Waals surface area contributed by atoms with Gasteiger partial charge >= 0.3 is 5.97 Å².